The maximum atomic E-state index is 11.4. The second-order valence-corrected chi connectivity index (χ2v) is 5.05. The molecule has 1 fully saturated rings. The number of carbonyl (C=O) groups is 2. The smallest absolute Gasteiger partial charge is 0.328 e. The minimum atomic E-state index is -0.392. The number of rotatable bonds is 2. The third-order valence-electron chi connectivity index (χ3n) is 3.03. The fraction of sp³-hybridized carbons (Fsp3) is 0.818. The van der Waals surface area contributed by atoms with E-state index in [0.29, 0.717) is 6.42 Å². The Balaban J connectivity index is 2.83. The average Bonchev–Trinajstić information content (AvgIpc) is 2.59. The number of hydrogen-bond donors (Lipinski definition) is 0. The minimum Gasteiger partial charge on any atom is -0.467 e. The van der Waals surface area contributed by atoms with E-state index in [-0.39, 0.29) is 17.4 Å². The van der Waals surface area contributed by atoms with E-state index in [1.165, 1.54) is 7.11 Å². The zero-order valence-electron chi connectivity index (χ0n) is 9.82. The molecule has 0 aromatic rings. The van der Waals surface area contributed by atoms with Crippen LogP contribution in [0, 0.1) is 5.41 Å². The Hall–Kier alpha value is -1.06. The third-order valence-corrected chi connectivity index (χ3v) is 3.03. The van der Waals surface area contributed by atoms with E-state index in [9.17, 15) is 9.59 Å². The van der Waals surface area contributed by atoms with Crippen LogP contribution in [0.3, 0.4) is 0 Å². The molecular formula is C11H19NO3. The van der Waals surface area contributed by atoms with Crippen molar-refractivity contribution in [2.45, 2.75) is 45.7 Å². The molecule has 1 aliphatic heterocycles. The molecule has 2 unspecified atom stereocenters. The van der Waals surface area contributed by atoms with Crippen LogP contribution in [0.5, 0.6) is 0 Å². The lowest BCUT2D eigenvalue weighted by Crippen LogP contribution is -2.45. The first-order valence-corrected chi connectivity index (χ1v) is 5.22. The molecule has 4 nitrogen and oxygen atoms in total. The quantitative estimate of drug-likeness (QED) is 0.511. The van der Waals surface area contributed by atoms with Gasteiger partial charge in [0.25, 0.3) is 0 Å². The molecule has 0 saturated carbocycles. The maximum Gasteiger partial charge on any atom is 0.328 e. The number of esters is 1. The van der Waals surface area contributed by atoms with Crippen molar-refractivity contribution in [1.82, 2.24) is 4.90 Å². The monoisotopic (exact) mass is 213 g/mol. The summed E-state index contributed by atoms with van der Waals surface area (Å²) in [6, 6.07) is -0.268. The zero-order valence-corrected chi connectivity index (χ0v) is 9.82. The van der Waals surface area contributed by atoms with Gasteiger partial charge in [0.15, 0.2) is 0 Å². The second-order valence-electron chi connectivity index (χ2n) is 5.05. The second kappa shape index (κ2) is 4.21. The van der Waals surface area contributed by atoms with Crippen LogP contribution in [0.15, 0.2) is 0 Å². The summed E-state index contributed by atoms with van der Waals surface area (Å²) in [6.45, 7) is 6.23. The van der Waals surface area contributed by atoms with Crippen LogP contribution in [0.4, 0.5) is 0 Å². The van der Waals surface area contributed by atoms with E-state index in [2.05, 4.69) is 25.5 Å². The van der Waals surface area contributed by atoms with Gasteiger partial charge in [0.05, 0.1) is 7.11 Å². The number of hydrogen-bond acceptors (Lipinski definition) is 3. The van der Waals surface area contributed by atoms with Crippen LogP contribution < -0.4 is 0 Å². The SMILES string of the molecule is COC(=O)C1CCC(C(C)(C)C)N1C=O. The normalized spacial score (nSPS) is 26.5. The third kappa shape index (κ3) is 2.30. The van der Waals surface area contributed by atoms with E-state index >= 15 is 0 Å². The maximum absolute atomic E-state index is 11.4. The summed E-state index contributed by atoms with van der Waals surface area (Å²) in [5.74, 6) is -0.311. The molecular weight excluding hydrogens is 194 g/mol. The van der Waals surface area contributed by atoms with Gasteiger partial charge in [0.2, 0.25) is 6.41 Å². The van der Waals surface area contributed by atoms with Gasteiger partial charge >= 0.3 is 5.97 Å². The Morgan fingerprint density at radius 2 is 2.00 bits per heavy atom. The number of likely N-dealkylation sites (tertiary alicyclic amines) is 1. The standard InChI is InChI=1S/C11H19NO3/c1-11(2,3)9-6-5-8(10(14)15-4)12(9)7-13/h7-9H,5-6H2,1-4H3. The molecule has 1 heterocycles. The van der Waals surface area contributed by atoms with Gasteiger partial charge in [-0.05, 0) is 18.3 Å². The highest BCUT2D eigenvalue weighted by atomic mass is 16.5. The van der Waals surface area contributed by atoms with Gasteiger partial charge in [0.1, 0.15) is 6.04 Å². The van der Waals surface area contributed by atoms with Crippen LogP contribution in [0.2, 0.25) is 0 Å². The summed E-state index contributed by atoms with van der Waals surface area (Å²) in [7, 11) is 1.36. The molecule has 1 amide bonds. The summed E-state index contributed by atoms with van der Waals surface area (Å²) >= 11 is 0. The molecule has 0 N–H and O–H groups in total. The molecule has 1 aliphatic rings. The lowest BCUT2D eigenvalue weighted by atomic mass is 9.85. The van der Waals surface area contributed by atoms with Crippen molar-refractivity contribution >= 4 is 12.4 Å². The highest BCUT2D eigenvalue weighted by Crippen LogP contribution is 2.35. The predicted molar refractivity (Wildman–Crippen MR) is 56.2 cm³/mol. The van der Waals surface area contributed by atoms with Crippen molar-refractivity contribution < 1.29 is 14.3 Å². The summed E-state index contributed by atoms with van der Waals surface area (Å²) in [5.41, 5.74) is 0.00365. The Morgan fingerprint density at radius 1 is 1.40 bits per heavy atom. The molecule has 0 bridgehead atoms. The van der Waals surface area contributed by atoms with Crippen LogP contribution >= 0.6 is 0 Å². The van der Waals surface area contributed by atoms with Crippen LogP contribution in [0.25, 0.3) is 0 Å². The molecule has 0 aromatic carbocycles. The first kappa shape index (κ1) is 12.0. The largest absolute Gasteiger partial charge is 0.467 e. The van der Waals surface area contributed by atoms with Gasteiger partial charge in [-0.1, -0.05) is 20.8 Å². The first-order valence-electron chi connectivity index (χ1n) is 5.22. The van der Waals surface area contributed by atoms with E-state index in [1.54, 1.807) is 4.90 Å². The summed E-state index contributed by atoms with van der Waals surface area (Å²) in [4.78, 5) is 24.0. The topological polar surface area (TPSA) is 46.6 Å². The van der Waals surface area contributed by atoms with Crippen LogP contribution in [-0.2, 0) is 14.3 Å². The summed E-state index contributed by atoms with van der Waals surface area (Å²) < 4.78 is 4.69. The van der Waals surface area contributed by atoms with Gasteiger partial charge in [-0.3, -0.25) is 4.79 Å². The van der Waals surface area contributed by atoms with Crippen molar-refractivity contribution in [2.75, 3.05) is 7.11 Å². The first-order chi connectivity index (χ1) is 6.91. The fourth-order valence-electron chi connectivity index (χ4n) is 2.23. The molecule has 0 radical (unpaired) electrons. The highest BCUT2D eigenvalue weighted by molar-refractivity contribution is 5.78. The molecule has 4 heteroatoms. The van der Waals surface area contributed by atoms with Gasteiger partial charge in [-0.25, -0.2) is 4.79 Å². The predicted octanol–water partition coefficient (Wildman–Crippen LogP) is 1.19. The summed E-state index contributed by atoms with van der Waals surface area (Å²) in [6.07, 6.45) is 2.33. The number of nitrogens with zero attached hydrogens (tertiary/aromatic N) is 1. The van der Waals surface area contributed by atoms with Gasteiger partial charge in [0, 0.05) is 6.04 Å². The molecule has 0 aliphatic carbocycles. The fourth-order valence-corrected chi connectivity index (χ4v) is 2.23. The molecule has 15 heavy (non-hydrogen) atoms. The average molecular weight is 213 g/mol. The van der Waals surface area contributed by atoms with Crippen LogP contribution in [0.1, 0.15) is 33.6 Å². The van der Waals surface area contributed by atoms with Crippen molar-refractivity contribution in [3.63, 3.8) is 0 Å². The lowest BCUT2D eigenvalue weighted by molar-refractivity contribution is -0.149. The Morgan fingerprint density at radius 3 is 2.40 bits per heavy atom. The Bertz CT molecular complexity index is 257. The van der Waals surface area contributed by atoms with E-state index in [1.807, 2.05) is 0 Å². The highest BCUT2D eigenvalue weighted by Gasteiger charge is 2.42. The van der Waals surface area contributed by atoms with Crippen LogP contribution in [-0.4, -0.2) is 36.5 Å². The molecule has 86 valence electrons. The Kier molecular flexibility index (Phi) is 3.37. The van der Waals surface area contributed by atoms with Gasteiger partial charge < -0.3 is 9.64 Å². The zero-order chi connectivity index (χ0) is 11.6. The lowest BCUT2D eigenvalue weighted by Gasteiger charge is -2.34. The number of methoxy groups -OCH3 is 1. The summed E-state index contributed by atoms with van der Waals surface area (Å²) in [5, 5.41) is 0. The number of amides is 1. The molecule has 2 atom stereocenters. The molecule has 0 aromatic heterocycles. The number of ether oxygens (including phenoxy) is 1. The van der Waals surface area contributed by atoms with Crippen molar-refractivity contribution in [3.8, 4) is 0 Å². The molecule has 1 saturated heterocycles. The minimum absolute atomic E-state index is 0.00365. The van der Waals surface area contributed by atoms with Crippen molar-refractivity contribution in [1.29, 1.82) is 0 Å². The van der Waals surface area contributed by atoms with E-state index < -0.39 is 6.04 Å². The number of carbonyl (C=O) groups excluding carboxylic acids is 2. The molecule has 1 rings (SSSR count). The van der Waals surface area contributed by atoms with E-state index in [0.717, 1.165) is 12.8 Å². The van der Waals surface area contributed by atoms with Crippen molar-refractivity contribution in [3.05, 3.63) is 0 Å². The Labute approximate surface area is 90.6 Å². The van der Waals surface area contributed by atoms with E-state index in [4.69, 9.17) is 0 Å². The molecule has 0 spiro atoms. The van der Waals surface area contributed by atoms with Crippen molar-refractivity contribution in [2.24, 2.45) is 5.41 Å². The van der Waals surface area contributed by atoms with Gasteiger partial charge in [-0.15, -0.1) is 0 Å². The van der Waals surface area contributed by atoms with Gasteiger partial charge in [-0.2, -0.15) is 0 Å².